The molecule has 1 heterocycles. The summed E-state index contributed by atoms with van der Waals surface area (Å²) in [6.07, 6.45) is 0. The van der Waals surface area contributed by atoms with Gasteiger partial charge in [-0.15, -0.1) is 0 Å². The van der Waals surface area contributed by atoms with Crippen molar-refractivity contribution >= 4 is 17.6 Å². The second kappa shape index (κ2) is 7.14. The predicted molar refractivity (Wildman–Crippen MR) is 73.2 cm³/mol. The summed E-state index contributed by atoms with van der Waals surface area (Å²) in [5.41, 5.74) is 0.504. The van der Waals surface area contributed by atoms with Gasteiger partial charge in [0.2, 0.25) is 5.91 Å². The van der Waals surface area contributed by atoms with E-state index in [4.69, 9.17) is 9.47 Å². The van der Waals surface area contributed by atoms with Crippen molar-refractivity contribution in [2.75, 3.05) is 38.7 Å². The van der Waals surface area contributed by atoms with E-state index in [1.165, 1.54) is 31.4 Å². The van der Waals surface area contributed by atoms with Gasteiger partial charge in [-0.25, -0.2) is 4.39 Å². The zero-order valence-electron chi connectivity index (χ0n) is 11.7. The molecule has 114 valence electrons. The van der Waals surface area contributed by atoms with E-state index in [1.54, 1.807) is 4.90 Å². The molecule has 1 unspecified atom stereocenters. The van der Waals surface area contributed by atoms with Crippen LogP contribution in [0.5, 0.6) is 0 Å². The van der Waals surface area contributed by atoms with Gasteiger partial charge >= 0.3 is 5.97 Å². The summed E-state index contributed by atoms with van der Waals surface area (Å²) < 4.78 is 22.7. The van der Waals surface area contributed by atoms with Crippen LogP contribution in [0.25, 0.3) is 0 Å². The summed E-state index contributed by atoms with van der Waals surface area (Å²) in [5, 5.41) is 2.65. The summed E-state index contributed by atoms with van der Waals surface area (Å²) in [5.74, 6) is -1.08. The van der Waals surface area contributed by atoms with Crippen molar-refractivity contribution in [2.24, 2.45) is 0 Å². The van der Waals surface area contributed by atoms with Gasteiger partial charge in [0.25, 0.3) is 0 Å². The number of nitrogens with one attached hydrogen (secondary N) is 1. The van der Waals surface area contributed by atoms with Crippen molar-refractivity contribution in [3.63, 3.8) is 0 Å². The Labute approximate surface area is 121 Å². The van der Waals surface area contributed by atoms with Crippen molar-refractivity contribution < 1.29 is 23.5 Å². The van der Waals surface area contributed by atoms with Crippen LogP contribution >= 0.6 is 0 Å². The fraction of sp³-hybridized carbons (Fsp3) is 0.429. The number of morpholine rings is 1. The summed E-state index contributed by atoms with van der Waals surface area (Å²) in [7, 11) is 1.30. The average molecular weight is 296 g/mol. The third-order valence-corrected chi connectivity index (χ3v) is 3.19. The Morgan fingerprint density at radius 2 is 2.14 bits per heavy atom. The van der Waals surface area contributed by atoms with Crippen molar-refractivity contribution in [2.45, 2.75) is 6.04 Å². The normalized spacial score (nSPS) is 19.0. The Morgan fingerprint density at radius 3 is 2.81 bits per heavy atom. The highest BCUT2D eigenvalue weighted by molar-refractivity contribution is 5.92. The molecule has 6 nitrogen and oxygen atoms in total. The first kappa shape index (κ1) is 15.4. The van der Waals surface area contributed by atoms with Crippen LogP contribution in [0.4, 0.5) is 10.1 Å². The number of hydrogen-bond acceptors (Lipinski definition) is 5. The van der Waals surface area contributed by atoms with E-state index in [9.17, 15) is 14.0 Å². The van der Waals surface area contributed by atoms with Crippen molar-refractivity contribution in [1.82, 2.24) is 4.90 Å². The first-order valence-corrected chi connectivity index (χ1v) is 6.55. The highest BCUT2D eigenvalue weighted by Crippen LogP contribution is 2.11. The molecule has 1 atom stereocenters. The zero-order chi connectivity index (χ0) is 15.2. The standard InChI is InChI=1S/C14H17FN2O4/c1-20-14(19)12-9-21-7-6-17(12)8-13(18)16-11-4-2-10(15)3-5-11/h2-5,12H,6-9H2,1H3,(H,16,18). The summed E-state index contributed by atoms with van der Waals surface area (Å²) in [4.78, 5) is 25.3. The van der Waals surface area contributed by atoms with Gasteiger partial charge in [-0.1, -0.05) is 0 Å². The zero-order valence-corrected chi connectivity index (χ0v) is 11.7. The smallest absolute Gasteiger partial charge is 0.325 e. The molecule has 7 heteroatoms. The number of carbonyl (C=O) groups is 2. The SMILES string of the molecule is COC(=O)C1COCCN1CC(=O)Nc1ccc(F)cc1. The molecule has 1 aromatic rings. The molecule has 0 radical (unpaired) electrons. The van der Waals surface area contributed by atoms with E-state index in [-0.39, 0.29) is 24.9 Å². The summed E-state index contributed by atoms with van der Waals surface area (Å²) in [6, 6.07) is 4.90. The third kappa shape index (κ3) is 4.24. The first-order valence-electron chi connectivity index (χ1n) is 6.55. The van der Waals surface area contributed by atoms with Gasteiger partial charge in [0.05, 0.1) is 26.9 Å². The first-order chi connectivity index (χ1) is 10.1. The maximum atomic E-state index is 12.8. The number of nitrogens with zero attached hydrogens (tertiary/aromatic N) is 1. The van der Waals surface area contributed by atoms with Crippen LogP contribution in [0.1, 0.15) is 0 Å². The average Bonchev–Trinajstić information content (AvgIpc) is 2.49. The van der Waals surface area contributed by atoms with Crippen LogP contribution in [0.15, 0.2) is 24.3 Å². The van der Waals surface area contributed by atoms with Crippen molar-refractivity contribution in [3.05, 3.63) is 30.1 Å². The van der Waals surface area contributed by atoms with Gasteiger partial charge in [-0.05, 0) is 24.3 Å². The molecule has 0 saturated carbocycles. The maximum Gasteiger partial charge on any atom is 0.325 e. The fourth-order valence-corrected chi connectivity index (χ4v) is 2.10. The number of amides is 1. The number of methoxy groups -OCH3 is 1. The summed E-state index contributed by atoms with van der Waals surface area (Å²) >= 11 is 0. The number of esters is 1. The Balaban J connectivity index is 1.93. The monoisotopic (exact) mass is 296 g/mol. The maximum absolute atomic E-state index is 12.8. The molecule has 1 amide bonds. The molecule has 1 aliphatic rings. The Bertz CT molecular complexity index is 506. The lowest BCUT2D eigenvalue weighted by Gasteiger charge is -2.32. The number of benzene rings is 1. The minimum absolute atomic E-state index is 0.0422. The number of carbonyl (C=O) groups excluding carboxylic acids is 2. The number of hydrogen-bond donors (Lipinski definition) is 1. The number of halogens is 1. The molecule has 1 aromatic carbocycles. The minimum Gasteiger partial charge on any atom is -0.468 e. The lowest BCUT2D eigenvalue weighted by molar-refractivity contribution is -0.153. The molecule has 0 bridgehead atoms. The van der Waals surface area contributed by atoms with Crippen LogP contribution < -0.4 is 5.32 Å². The molecule has 0 aliphatic carbocycles. The van der Waals surface area contributed by atoms with E-state index < -0.39 is 12.0 Å². The molecule has 1 aliphatic heterocycles. The van der Waals surface area contributed by atoms with Gasteiger partial charge in [-0.2, -0.15) is 0 Å². The van der Waals surface area contributed by atoms with Crippen LogP contribution in [0.2, 0.25) is 0 Å². The van der Waals surface area contributed by atoms with Crippen LogP contribution in [-0.2, 0) is 19.1 Å². The largest absolute Gasteiger partial charge is 0.468 e. The Kier molecular flexibility index (Phi) is 5.24. The van der Waals surface area contributed by atoms with E-state index in [0.29, 0.717) is 18.8 Å². The van der Waals surface area contributed by atoms with Crippen LogP contribution in [0.3, 0.4) is 0 Å². The molecule has 2 rings (SSSR count). The molecule has 0 aromatic heterocycles. The second-order valence-corrected chi connectivity index (χ2v) is 4.64. The quantitative estimate of drug-likeness (QED) is 0.826. The third-order valence-electron chi connectivity index (χ3n) is 3.19. The van der Waals surface area contributed by atoms with Crippen molar-refractivity contribution in [3.8, 4) is 0 Å². The molecule has 1 saturated heterocycles. The summed E-state index contributed by atoms with van der Waals surface area (Å²) in [6.45, 7) is 1.17. The topological polar surface area (TPSA) is 67.9 Å². The molecular weight excluding hydrogens is 279 g/mol. The Hall–Kier alpha value is -1.99. The molecular formula is C14H17FN2O4. The van der Waals surface area contributed by atoms with Gasteiger partial charge in [0.1, 0.15) is 11.9 Å². The number of rotatable bonds is 4. The molecule has 21 heavy (non-hydrogen) atoms. The van der Waals surface area contributed by atoms with Gasteiger partial charge in [0.15, 0.2) is 0 Å². The lowest BCUT2D eigenvalue weighted by Crippen LogP contribution is -2.52. The van der Waals surface area contributed by atoms with Gasteiger partial charge < -0.3 is 14.8 Å². The van der Waals surface area contributed by atoms with Crippen LogP contribution in [-0.4, -0.2) is 56.2 Å². The highest BCUT2D eigenvalue weighted by atomic mass is 19.1. The predicted octanol–water partition coefficient (Wildman–Crippen LogP) is 0.638. The Morgan fingerprint density at radius 1 is 1.43 bits per heavy atom. The molecule has 0 spiro atoms. The van der Waals surface area contributed by atoms with E-state index in [0.717, 1.165) is 0 Å². The second-order valence-electron chi connectivity index (χ2n) is 4.64. The van der Waals surface area contributed by atoms with E-state index in [1.807, 2.05) is 0 Å². The molecule has 1 N–H and O–H groups in total. The van der Waals surface area contributed by atoms with Crippen molar-refractivity contribution in [1.29, 1.82) is 0 Å². The molecule has 1 fully saturated rings. The van der Waals surface area contributed by atoms with Gasteiger partial charge in [0, 0.05) is 12.2 Å². The minimum atomic E-state index is -0.581. The van der Waals surface area contributed by atoms with Gasteiger partial charge in [-0.3, -0.25) is 14.5 Å². The fourth-order valence-electron chi connectivity index (χ4n) is 2.10. The van der Waals surface area contributed by atoms with E-state index in [2.05, 4.69) is 5.32 Å². The van der Waals surface area contributed by atoms with Crippen LogP contribution in [0, 0.1) is 5.82 Å². The highest BCUT2D eigenvalue weighted by Gasteiger charge is 2.31. The lowest BCUT2D eigenvalue weighted by atomic mass is 10.2. The van der Waals surface area contributed by atoms with E-state index >= 15 is 0 Å². The number of ether oxygens (including phenoxy) is 2. The number of anilines is 1.